The Morgan fingerprint density at radius 1 is 0.971 bits per heavy atom. The zero-order valence-electron chi connectivity index (χ0n) is 19.8. The van der Waals surface area contributed by atoms with E-state index in [4.69, 9.17) is 9.47 Å². The van der Waals surface area contributed by atoms with Gasteiger partial charge in [0.15, 0.2) is 9.84 Å². The first kappa shape index (κ1) is 28.2. The highest BCUT2D eigenvalue weighted by atomic mass is 32.2. The van der Waals surface area contributed by atoms with E-state index in [1.165, 1.54) is 11.0 Å². The average molecular weight is 504 g/mol. The highest BCUT2D eigenvalue weighted by Crippen LogP contribution is 2.23. The molecule has 1 unspecified atom stereocenters. The number of carboxylic acids is 1. The molecule has 190 valence electrons. The Bertz CT molecular complexity index is 1100. The fourth-order valence-corrected chi connectivity index (χ4v) is 5.18. The van der Waals surface area contributed by atoms with Gasteiger partial charge in [0, 0.05) is 19.5 Å². The minimum Gasteiger partial charge on any atom is -0.481 e. The van der Waals surface area contributed by atoms with Gasteiger partial charge in [0.05, 0.1) is 43.0 Å². The quantitative estimate of drug-likeness (QED) is 0.260. The topological polar surface area (TPSA) is 110 Å². The number of nitrogens with zero attached hydrogens (tertiary/aromatic N) is 1. The van der Waals surface area contributed by atoms with Gasteiger partial charge in [0.25, 0.3) is 0 Å². The van der Waals surface area contributed by atoms with Crippen LogP contribution < -0.4 is 0 Å². The first-order valence-electron chi connectivity index (χ1n) is 11.4. The molecule has 0 bridgehead atoms. The Morgan fingerprint density at radius 3 is 2.14 bits per heavy atom. The summed E-state index contributed by atoms with van der Waals surface area (Å²) in [5, 5.41) is 10.8. The van der Waals surface area contributed by atoms with Gasteiger partial charge in [0.1, 0.15) is 0 Å². The molecule has 2 aromatic rings. The Morgan fingerprint density at radius 2 is 1.57 bits per heavy atom. The van der Waals surface area contributed by atoms with E-state index in [0.717, 1.165) is 10.8 Å². The fraction of sp³-hybridized carbons (Fsp3) is 0.385. The summed E-state index contributed by atoms with van der Waals surface area (Å²) < 4.78 is 37.3. The molecule has 0 radical (unpaired) electrons. The van der Waals surface area contributed by atoms with E-state index in [2.05, 4.69) is 13.2 Å². The third-order valence-electron chi connectivity index (χ3n) is 5.35. The number of carboxylic acid groups (broad SMARTS) is 1. The van der Waals surface area contributed by atoms with E-state index in [9.17, 15) is 23.1 Å². The number of carbonyl (C=O) groups is 2. The molecule has 2 rings (SSSR count). The van der Waals surface area contributed by atoms with Crippen molar-refractivity contribution in [2.75, 3.05) is 45.3 Å². The van der Waals surface area contributed by atoms with Crippen LogP contribution in [-0.4, -0.2) is 75.6 Å². The summed E-state index contributed by atoms with van der Waals surface area (Å²) in [5.41, 5.74) is 0. The maximum atomic E-state index is 13.4. The van der Waals surface area contributed by atoms with Crippen LogP contribution in [0, 0.1) is 5.92 Å². The molecular formula is C26H33NO7S. The second kappa shape index (κ2) is 14.4. The molecule has 0 aliphatic carbocycles. The Kier molecular flexibility index (Phi) is 11.6. The number of carbonyl (C=O) groups excluding carboxylic acids is 1. The van der Waals surface area contributed by atoms with Gasteiger partial charge in [-0.25, -0.2) is 8.42 Å². The van der Waals surface area contributed by atoms with Crippen molar-refractivity contribution in [3.05, 3.63) is 67.8 Å². The van der Waals surface area contributed by atoms with Crippen LogP contribution >= 0.6 is 0 Å². The maximum absolute atomic E-state index is 13.4. The molecule has 0 spiro atoms. The zero-order chi connectivity index (χ0) is 25.7. The monoisotopic (exact) mass is 503 g/mol. The molecule has 2 aromatic carbocycles. The predicted octanol–water partition coefficient (Wildman–Crippen LogP) is 3.33. The van der Waals surface area contributed by atoms with Crippen molar-refractivity contribution in [2.24, 2.45) is 5.92 Å². The van der Waals surface area contributed by atoms with Crippen molar-refractivity contribution >= 4 is 32.5 Å². The summed E-state index contributed by atoms with van der Waals surface area (Å²) in [5.74, 6) is -3.06. The molecule has 0 saturated carbocycles. The number of sulfone groups is 1. The van der Waals surface area contributed by atoms with Gasteiger partial charge < -0.3 is 19.5 Å². The van der Waals surface area contributed by atoms with Gasteiger partial charge in [-0.3, -0.25) is 9.59 Å². The fourth-order valence-electron chi connectivity index (χ4n) is 3.57. The largest absolute Gasteiger partial charge is 0.481 e. The molecule has 0 heterocycles. The Labute approximate surface area is 206 Å². The van der Waals surface area contributed by atoms with Crippen LogP contribution in [0.4, 0.5) is 0 Å². The molecule has 1 N–H and O–H groups in total. The maximum Gasteiger partial charge on any atom is 0.303 e. The number of aliphatic carboxylic acids is 1. The van der Waals surface area contributed by atoms with Gasteiger partial charge in [-0.05, 0) is 29.3 Å². The number of fused-ring (bicyclic) bond motifs is 1. The summed E-state index contributed by atoms with van der Waals surface area (Å²) in [7, 11) is -3.87. The molecule has 8 nitrogen and oxygen atoms in total. The van der Waals surface area contributed by atoms with Crippen molar-refractivity contribution in [1.29, 1.82) is 0 Å². The van der Waals surface area contributed by atoms with Crippen LogP contribution in [0.1, 0.15) is 12.8 Å². The van der Waals surface area contributed by atoms with Gasteiger partial charge in [-0.2, -0.15) is 0 Å². The van der Waals surface area contributed by atoms with Crippen molar-refractivity contribution in [2.45, 2.75) is 17.7 Å². The van der Waals surface area contributed by atoms with E-state index in [1.807, 2.05) is 24.3 Å². The second-order valence-corrected chi connectivity index (χ2v) is 10.0. The average Bonchev–Trinajstić information content (AvgIpc) is 2.84. The summed E-state index contributed by atoms with van der Waals surface area (Å²) in [6.07, 6.45) is 2.76. The summed E-state index contributed by atoms with van der Waals surface area (Å²) in [6.45, 7) is 8.66. The molecule has 0 saturated heterocycles. The van der Waals surface area contributed by atoms with Crippen molar-refractivity contribution < 1.29 is 32.6 Å². The molecule has 35 heavy (non-hydrogen) atoms. The number of ether oxygens (including phenoxy) is 2. The first-order valence-corrected chi connectivity index (χ1v) is 13.0. The lowest BCUT2D eigenvalue weighted by atomic mass is 10.0. The smallest absolute Gasteiger partial charge is 0.303 e. The molecule has 0 fully saturated rings. The van der Waals surface area contributed by atoms with Gasteiger partial charge in [-0.15, -0.1) is 13.2 Å². The van der Waals surface area contributed by atoms with Gasteiger partial charge in [-0.1, -0.05) is 42.5 Å². The lowest BCUT2D eigenvalue weighted by Gasteiger charge is -2.27. The van der Waals surface area contributed by atoms with Crippen LogP contribution in [-0.2, 0) is 28.9 Å². The van der Waals surface area contributed by atoms with E-state index in [0.29, 0.717) is 13.2 Å². The van der Waals surface area contributed by atoms with Crippen LogP contribution in [0.5, 0.6) is 0 Å². The normalized spacial score (nSPS) is 12.2. The van der Waals surface area contributed by atoms with E-state index >= 15 is 0 Å². The van der Waals surface area contributed by atoms with Crippen molar-refractivity contribution in [3.63, 3.8) is 0 Å². The summed E-state index contributed by atoms with van der Waals surface area (Å²) in [4.78, 5) is 26.2. The standard InChI is InChI=1S/C26H33NO7S/c1-3-15-33-17-13-27(14-18-34-16-4-2)26(30)23(10-12-25(28)29)20-35(31,32)24-11-9-21-7-5-6-8-22(21)19-24/h3-9,11,19,23H,1-2,10,12-18,20H2,(H,28,29). The molecule has 9 heteroatoms. The van der Waals surface area contributed by atoms with Crippen LogP contribution in [0.2, 0.25) is 0 Å². The second-order valence-electron chi connectivity index (χ2n) is 7.97. The number of rotatable bonds is 17. The molecule has 0 aliphatic heterocycles. The SMILES string of the molecule is C=CCOCCN(CCOCC=C)C(=O)C(CCC(=O)O)CS(=O)(=O)c1ccc2ccccc2c1. The number of amides is 1. The number of hydrogen-bond acceptors (Lipinski definition) is 6. The lowest BCUT2D eigenvalue weighted by Crippen LogP contribution is -2.42. The highest BCUT2D eigenvalue weighted by molar-refractivity contribution is 7.91. The molecule has 1 amide bonds. The Hall–Kier alpha value is -3.01. The van der Waals surface area contributed by atoms with E-state index < -0.39 is 33.4 Å². The molecule has 1 atom stereocenters. The number of benzene rings is 2. The van der Waals surface area contributed by atoms with Crippen molar-refractivity contribution in [3.8, 4) is 0 Å². The minimum atomic E-state index is -3.87. The van der Waals surface area contributed by atoms with Gasteiger partial charge in [0.2, 0.25) is 5.91 Å². The minimum absolute atomic E-state index is 0.0968. The van der Waals surface area contributed by atoms with Crippen LogP contribution in [0.15, 0.2) is 72.7 Å². The summed E-state index contributed by atoms with van der Waals surface area (Å²) >= 11 is 0. The van der Waals surface area contributed by atoms with E-state index in [1.54, 1.807) is 24.3 Å². The van der Waals surface area contributed by atoms with Crippen LogP contribution in [0.3, 0.4) is 0 Å². The molecular weight excluding hydrogens is 470 g/mol. The first-order chi connectivity index (χ1) is 16.8. The third-order valence-corrected chi connectivity index (χ3v) is 7.16. The van der Waals surface area contributed by atoms with Crippen LogP contribution in [0.25, 0.3) is 10.8 Å². The third kappa shape index (κ3) is 9.28. The van der Waals surface area contributed by atoms with Gasteiger partial charge >= 0.3 is 5.97 Å². The van der Waals surface area contributed by atoms with Crippen molar-refractivity contribution in [1.82, 2.24) is 4.90 Å². The van der Waals surface area contributed by atoms with E-state index in [-0.39, 0.29) is 44.0 Å². The predicted molar refractivity (Wildman–Crippen MR) is 135 cm³/mol. The lowest BCUT2D eigenvalue weighted by molar-refractivity contribution is -0.139. The zero-order valence-corrected chi connectivity index (χ0v) is 20.6. The summed E-state index contributed by atoms with van der Waals surface area (Å²) in [6, 6.07) is 12.2. The number of hydrogen-bond donors (Lipinski definition) is 1. The molecule has 0 aromatic heterocycles. The molecule has 0 aliphatic rings. The highest BCUT2D eigenvalue weighted by Gasteiger charge is 2.30. The Balaban J connectivity index is 2.25.